The zero-order valence-electron chi connectivity index (χ0n) is 9.24. The molecule has 1 heterocycles. The van der Waals surface area contributed by atoms with Gasteiger partial charge in [0.25, 0.3) is 0 Å². The molecule has 5 heteroatoms. The SMILES string of the molecule is Cc1sc(CC(N)=S)nc1-c1cccc(Br)c1. The highest BCUT2D eigenvalue weighted by Gasteiger charge is 2.10. The molecule has 0 saturated carbocycles. The Morgan fingerprint density at radius 3 is 2.94 bits per heavy atom. The molecule has 0 amide bonds. The van der Waals surface area contributed by atoms with Gasteiger partial charge in [0.05, 0.1) is 10.7 Å². The Bertz CT molecular complexity index is 563. The molecule has 2 N–H and O–H groups in total. The Labute approximate surface area is 118 Å². The van der Waals surface area contributed by atoms with Gasteiger partial charge < -0.3 is 5.73 Å². The van der Waals surface area contributed by atoms with Gasteiger partial charge >= 0.3 is 0 Å². The topological polar surface area (TPSA) is 38.9 Å². The standard InChI is InChI=1S/C12H11BrN2S2/c1-7-12(8-3-2-4-9(13)5-8)15-11(17-7)6-10(14)16/h2-5H,6H2,1H3,(H2,14,16). The normalized spacial score (nSPS) is 10.5. The molecule has 0 unspecified atom stereocenters. The third-order valence-electron chi connectivity index (χ3n) is 2.26. The van der Waals surface area contributed by atoms with E-state index in [4.69, 9.17) is 18.0 Å². The van der Waals surface area contributed by atoms with E-state index < -0.39 is 0 Å². The molecule has 2 aromatic rings. The second-order valence-electron chi connectivity index (χ2n) is 3.67. The van der Waals surface area contributed by atoms with E-state index in [2.05, 4.69) is 40.0 Å². The number of nitrogens with zero attached hydrogens (tertiary/aromatic N) is 1. The summed E-state index contributed by atoms with van der Waals surface area (Å²) < 4.78 is 1.05. The molecule has 0 atom stereocenters. The molecule has 88 valence electrons. The molecule has 0 radical (unpaired) electrons. The van der Waals surface area contributed by atoms with E-state index in [1.54, 1.807) is 11.3 Å². The van der Waals surface area contributed by atoms with Crippen molar-refractivity contribution in [2.45, 2.75) is 13.3 Å². The van der Waals surface area contributed by atoms with Gasteiger partial charge in [0.1, 0.15) is 5.01 Å². The molecule has 0 aliphatic heterocycles. The summed E-state index contributed by atoms with van der Waals surface area (Å²) >= 11 is 10.0. The Hall–Kier alpha value is -0.780. The van der Waals surface area contributed by atoms with Crippen LogP contribution in [0.2, 0.25) is 0 Å². The number of halogens is 1. The first-order chi connectivity index (χ1) is 8.06. The largest absolute Gasteiger partial charge is 0.393 e. The van der Waals surface area contributed by atoms with E-state index in [-0.39, 0.29) is 0 Å². The summed E-state index contributed by atoms with van der Waals surface area (Å²) in [7, 11) is 0. The van der Waals surface area contributed by atoms with Crippen molar-refractivity contribution in [2.24, 2.45) is 5.73 Å². The van der Waals surface area contributed by atoms with Crippen molar-refractivity contribution in [2.75, 3.05) is 0 Å². The third kappa shape index (κ3) is 3.12. The lowest BCUT2D eigenvalue weighted by Gasteiger charge is -1.99. The highest BCUT2D eigenvalue weighted by molar-refractivity contribution is 9.10. The highest BCUT2D eigenvalue weighted by atomic mass is 79.9. The monoisotopic (exact) mass is 326 g/mol. The molecule has 2 rings (SSSR count). The minimum absolute atomic E-state index is 0.486. The van der Waals surface area contributed by atoms with Crippen LogP contribution in [0.1, 0.15) is 9.88 Å². The molecule has 0 aliphatic carbocycles. The number of benzene rings is 1. The first-order valence-corrected chi connectivity index (χ1v) is 7.08. The number of hydrogen-bond acceptors (Lipinski definition) is 3. The van der Waals surface area contributed by atoms with Crippen molar-refractivity contribution in [1.29, 1.82) is 0 Å². The number of aryl methyl sites for hydroxylation is 1. The molecule has 0 saturated heterocycles. The maximum atomic E-state index is 5.54. The van der Waals surface area contributed by atoms with Gasteiger partial charge in [-0.05, 0) is 19.1 Å². The number of aromatic nitrogens is 1. The molecular formula is C12H11BrN2S2. The summed E-state index contributed by atoms with van der Waals surface area (Å²) in [6.45, 7) is 2.07. The van der Waals surface area contributed by atoms with Gasteiger partial charge in [-0.25, -0.2) is 4.98 Å². The second kappa shape index (κ2) is 5.25. The van der Waals surface area contributed by atoms with Crippen molar-refractivity contribution in [3.8, 4) is 11.3 Å². The predicted molar refractivity (Wildman–Crippen MR) is 80.5 cm³/mol. The lowest BCUT2D eigenvalue weighted by atomic mass is 10.1. The minimum Gasteiger partial charge on any atom is -0.393 e. The average molecular weight is 327 g/mol. The molecule has 0 bridgehead atoms. The fourth-order valence-electron chi connectivity index (χ4n) is 1.58. The molecule has 17 heavy (non-hydrogen) atoms. The fraction of sp³-hybridized carbons (Fsp3) is 0.167. The van der Waals surface area contributed by atoms with E-state index >= 15 is 0 Å². The van der Waals surface area contributed by atoms with Crippen molar-refractivity contribution in [1.82, 2.24) is 4.98 Å². The van der Waals surface area contributed by atoms with Gasteiger partial charge in [0.15, 0.2) is 0 Å². The first kappa shape index (κ1) is 12.7. The fourth-order valence-corrected chi connectivity index (χ4v) is 3.19. The van der Waals surface area contributed by atoms with Crippen molar-refractivity contribution in [3.63, 3.8) is 0 Å². The van der Waals surface area contributed by atoms with Crippen LogP contribution >= 0.6 is 39.5 Å². The smallest absolute Gasteiger partial charge is 0.100 e. The molecule has 2 nitrogen and oxygen atoms in total. The summed E-state index contributed by atoms with van der Waals surface area (Å²) in [5, 5.41) is 0.977. The van der Waals surface area contributed by atoms with Crippen LogP contribution in [0.3, 0.4) is 0 Å². The van der Waals surface area contributed by atoms with Crippen LogP contribution in [-0.4, -0.2) is 9.97 Å². The highest BCUT2D eigenvalue weighted by Crippen LogP contribution is 2.29. The van der Waals surface area contributed by atoms with E-state index in [1.807, 2.05) is 12.1 Å². The van der Waals surface area contributed by atoms with Crippen molar-refractivity contribution >= 4 is 44.5 Å². The van der Waals surface area contributed by atoms with E-state index in [9.17, 15) is 0 Å². The Balaban J connectivity index is 2.39. The average Bonchev–Trinajstić information content (AvgIpc) is 2.58. The van der Waals surface area contributed by atoms with E-state index in [0.29, 0.717) is 11.4 Å². The maximum absolute atomic E-state index is 5.54. The summed E-state index contributed by atoms with van der Waals surface area (Å²) in [4.78, 5) is 6.27. The lowest BCUT2D eigenvalue weighted by Crippen LogP contribution is -2.10. The first-order valence-electron chi connectivity index (χ1n) is 5.07. The predicted octanol–water partition coefficient (Wildman–Crippen LogP) is 3.71. The van der Waals surface area contributed by atoms with Gasteiger partial charge in [-0.3, -0.25) is 0 Å². The van der Waals surface area contributed by atoms with Crippen LogP contribution in [-0.2, 0) is 6.42 Å². The summed E-state index contributed by atoms with van der Waals surface area (Å²) in [6.07, 6.45) is 0.578. The zero-order valence-corrected chi connectivity index (χ0v) is 12.5. The molecule has 1 aromatic carbocycles. The van der Waals surface area contributed by atoms with Gasteiger partial charge in [0, 0.05) is 21.3 Å². The van der Waals surface area contributed by atoms with Crippen molar-refractivity contribution in [3.05, 3.63) is 38.6 Å². The quantitative estimate of drug-likeness (QED) is 0.874. The van der Waals surface area contributed by atoms with Crippen molar-refractivity contribution < 1.29 is 0 Å². The Kier molecular flexibility index (Phi) is 3.91. The molecule has 0 spiro atoms. The third-order valence-corrected chi connectivity index (χ3v) is 3.87. The molecule has 1 aromatic heterocycles. The number of thiazole rings is 1. The van der Waals surface area contributed by atoms with Gasteiger partial charge in [-0.15, -0.1) is 11.3 Å². The molecule has 0 fully saturated rings. The Morgan fingerprint density at radius 1 is 1.53 bits per heavy atom. The van der Waals surface area contributed by atoms with Crippen LogP contribution in [0.15, 0.2) is 28.7 Å². The zero-order chi connectivity index (χ0) is 12.4. The van der Waals surface area contributed by atoms with Crippen LogP contribution in [0.25, 0.3) is 11.3 Å². The summed E-state index contributed by atoms with van der Waals surface area (Å²) in [5.74, 6) is 0. The summed E-state index contributed by atoms with van der Waals surface area (Å²) in [5.41, 5.74) is 7.67. The van der Waals surface area contributed by atoms with Crippen LogP contribution < -0.4 is 5.73 Å². The van der Waals surface area contributed by atoms with Gasteiger partial charge in [-0.2, -0.15) is 0 Å². The summed E-state index contributed by atoms with van der Waals surface area (Å²) in [6, 6.07) is 8.12. The number of rotatable bonds is 3. The van der Waals surface area contributed by atoms with E-state index in [1.165, 1.54) is 4.88 Å². The van der Waals surface area contributed by atoms with Gasteiger partial charge in [-0.1, -0.05) is 40.3 Å². The number of thiocarbonyl (C=S) groups is 1. The van der Waals surface area contributed by atoms with E-state index in [0.717, 1.165) is 20.7 Å². The molecule has 0 aliphatic rings. The van der Waals surface area contributed by atoms with Crippen LogP contribution in [0.5, 0.6) is 0 Å². The van der Waals surface area contributed by atoms with Crippen LogP contribution in [0, 0.1) is 6.92 Å². The van der Waals surface area contributed by atoms with Crippen LogP contribution in [0.4, 0.5) is 0 Å². The number of hydrogen-bond donors (Lipinski definition) is 1. The van der Waals surface area contributed by atoms with Gasteiger partial charge in [0.2, 0.25) is 0 Å². The second-order valence-corrected chi connectivity index (χ2v) is 6.39. The Morgan fingerprint density at radius 2 is 2.29 bits per heavy atom. The number of nitrogens with two attached hydrogens (primary N) is 1. The molecular weight excluding hydrogens is 316 g/mol. The minimum atomic E-state index is 0.486. The lowest BCUT2D eigenvalue weighted by molar-refractivity contribution is 1.22. The maximum Gasteiger partial charge on any atom is 0.100 e.